The average Bonchev–Trinajstić information content (AvgIpc) is 3.32. The third kappa shape index (κ3) is 6.33. The van der Waals surface area contributed by atoms with E-state index in [9.17, 15) is 22.9 Å². The summed E-state index contributed by atoms with van der Waals surface area (Å²) in [6.07, 6.45) is 4.69. The Balaban J connectivity index is 1.51. The van der Waals surface area contributed by atoms with Crippen LogP contribution in [0.2, 0.25) is 0 Å². The van der Waals surface area contributed by atoms with E-state index in [0.717, 1.165) is 40.3 Å². The molecule has 8 nitrogen and oxygen atoms in total. The fraction of sp³-hybridized carbons (Fsp3) is 0.200. The Labute approximate surface area is 255 Å². The van der Waals surface area contributed by atoms with Crippen LogP contribution in [-0.2, 0) is 28.0 Å². The summed E-state index contributed by atoms with van der Waals surface area (Å²) < 4.78 is 43.1. The zero-order valence-electron chi connectivity index (χ0n) is 22.7. The highest BCUT2D eigenvalue weighted by atomic mass is 32.2. The summed E-state index contributed by atoms with van der Waals surface area (Å²) in [5, 5.41) is 22.2. The first-order chi connectivity index (χ1) is 20.7. The molecule has 0 amide bonds. The molecule has 0 aliphatic heterocycles. The number of hydrogen-bond donors (Lipinski definition) is 2. The number of nitrogens with zero attached hydrogens (tertiary/aromatic N) is 4. The molecule has 1 atom stereocenters. The lowest BCUT2D eigenvalue weighted by molar-refractivity contribution is 0.0691. The van der Waals surface area contributed by atoms with Crippen molar-refractivity contribution < 1.29 is 22.9 Å². The lowest BCUT2D eigenvalue weighted by Gasteiger charge is -2.09. The minimum absolute atomic E-state index is 0.0611. The lowest BCUT2D eigenvalue weighted by atomic mass is 9.96. The molecule has 3 aromatic heterocycles. The molecule has 0 spiro atoms. The summed E-state index contributed by atoms with van der Waals surface area (Å²) in [4.78, 5) is 21.0. The summed E-state index contributed by atoms with van der Waals surface area (Å²) in [6.45, 7) is 1.92. The summed E-state index contributed by atoms with van der Waals surface area (Å²) >= 11 is 2.56. The summed E-state index contributed by atoms with van der Waals surface area (Å²) in [7, 11) is -2.34. The number of benzene rings is 2. The Morgan fingerprint density at radius 1 is 1.19 bits per heavy atom. The molecule has 43 heavy (non-hydrogen) atoms. The van der Waals surface area contributed by atoms with Gasteiger partial charge in [-0.3, -0.25) is 0 Å². The van der Waals surface area contributed by atoms with Crippen molar-refractivity contribution in [3.63, 3.8) is 0 Å². The van der Waals surface area contributed by atoms with Gasteiger partial charge in [0.1, 0.15) is 5.82 Å². The molecular formula is C30H24F2N5O3S3+. The van der Waals surface area contributed by atoms with Crippen LogP contribution < -0.4 is 5.14 Å². The van der Waals surface area contributed by atoms with Crippen molar-refractivity contribution in [3.05, 3.63) is 97.6 Å². The highest BCUT2D eigenvalue weighted by molar-refractivity contribution is 7.82. The van der Waals surface area contributed by atoms with Crippen molar-refractivity contribution in [1.82, 2.24) is 19.7 Å². The minimum Gasteiger partial charge on any atom is -0.476 e. The van der Waals surface area contributed by atoms with Gasteiger partial charge in [0.2, 0.25) is 10.0 Å². The Hall–Kier alpha value is -4.09. The largest absolute Gasteiger partial charge is 0.476 e. The van der Waals surface area contributed by atoms with E-state index in [0.29, 0.717) is 39.3 Å². The van der Waals surface area contributed by atoms with E-state index >= 15 is 0 Å². The molecule has 1 saturated carbocycles. The van der Waals surface area contributed by atoms with E-state index in [2.05, 4.69) is 21.8 Å². The maximum Gasteiger partial charge on any atom is 0.355 e. The van der Waals surface area contributed by atoms with Crippen molar-refractivity contribution in [2.75, 3.05) is 0 Å². The van der Waals surface area contributed by atoms with Crippen LogP contribution in [0.3, 0.4) is 0 Å². The Bertz CT molecular complexity index is 1970. The van der Waals surface area contributed by atoms with E-state index in [1.165, 1.54) is 34.9 Å². The van der Waals surface area contributed by atoms with Crippen molar-refractivity contribution in [2.24, 2.45) is 11.1 Å². The van der Waals surface area contributed by atoms with Gasteiger partial charge in [0, 0.05) is 34.0 Å². The van der Waals surface area contributed by atoms with Crippen LogP contribution in [0.15, 0.2) is 52.9 Å². The smallest absolute Gasteiger partial charge is 0.355 e. The molecule has 13 heteroatoms. The Morgan fingerprint density at radius 2 is 2.00 bits per heavy atom. The highest BCUT2D eigenvalue weighted by Gasteiger charge is 2.30. The van der Waals surface area contributed by atoms with Gasteiger partial charge in [-0.15, -0.1) is 27.8 Å². The van der Waals surface area contributed by atoms with Gasteiger partial charge in [-0.1, -0.05) is 16.2 Å². The fourth-order valence-corrected chi connectivity index (χ4v) is 6.56. The molecule has 0 saturated heterocycles. The minimum atomic E-state index is -2.34. The number of thiazole rings is 2. The molecule has 6 rings (SSSR count). The first-order valence-corrected chi connectivity index (χ1v) is 16.2. The number of aryl methyl sites for hydroxylation is 1. The second-order valence-electron chi connectivity index (χ2n) is 10.2. The van der Waals surface area contributed by atoms with E-state index < -0.39 is 28.6 Å². The first-order valence-electron chi connectivity index (χ1n) is 13.2. The lowest BCUT2D eigenvalue weighted by Crippen LogP contribution is -2.07. The molecule has 1 aliphatic carbocycles. The molecule has 3 N–H and O–H groups in total. The van der Waals surface area contributed by atoms with Crippen LogP contribution in [0.1, 0.15) is 55.6 Å². The van der Waals surface area contributed by atoms with Gasteiger partial charge in [-0.25, -0.2) is 28.2 Å². The summed E-state index contributed by atoms with van der Waals surface area (Å²) in [5.74, 6) is 3.90. The number of carboxylic acids is 1. The quantitative estimate of drug-likeness (QED) is 0.130. The number of thiol groups is 1. The zero-order chi connectivity index (χ0) is 30.2. The van der Waals surface area contributed by atoms with Crippen molar-refractivity contribution in [3.8, 4) is 28.2 Å². The molecule has 2 aromatic carbocycles. The van der Waals surface area contributed by atoms with Gasteiger partial charge < -0.3 is 5.11 Å². The monoisotopic (exact) mass is 636 g/mol. The fourth-order valence-electron chi connectivity index (χ4n) is 4.67. The number of halogens is 2. The van der Waals surface area contributed by atoms with E-state index in [4.69, 9.17) is 10.2 Å². The van der Waals surface area contributed by atoms with Gasteiger partial charge in [-0.2, -0.15) is 5.10 Å². The maximum absolute atomic E-state index is 14.9. The van der Waals surface area contributed by atoms with Crippen molar-refractivity contribution in [1.29, 1.82) is 0 Å². The van der Waals surface area contributed by atoms with Crippen LogP contribution in [0.4, 0.5) is 8.78 Å². The molecular weight excluding hydrogens is 613 g/mol. The van der Waals surface area contributed by atoms with Gasteiger partial charge in [0.05, 0.1) is 17.0 Å². The maximum atomic E-state index is 14.9. The van der Waals surface area contributed by atoms with Gasteiger partial charge >= 0.3 is 5.97 Å². The molecule has 1 unspecified atom stereocenters. The highest BCUT2D eigenvalue weighted by Crippen LogP contribution is 2.38. The predicted octanol–water partition coefficient (Wildman–Crippen LogP) is 5.61. The van der Waals surface area contributed by atoms with Crippen LogP contribution in [-0.4, -0.2) is 30.8 Å². The van der Waals surface area contributed by atoms with Crippen LogP contribution in [0.5, 0.6) is 0 Å². The van der Waals surface area contributed by atoms with Gasteiger partial charge in [0.25, 0.3) is 0 Å². The number of carbonyl (C=O) groups is 1. The summed E-state index contributed by atoms with van der Waals surface area (Å²) in [5.41, 5.74) is 3.36. The Kier molecular flexibility index (Phi) is 8.02. The first kappa shape index (κ1) is 29.0. The number of hydrogen-bond acceptors (Lipinski definition) is 7. The number of aromatic carboxylic acids is 1. The molecule has 218 valence electrons. The number of aromatic nitrogens is 4. The standard InChI is InChI=1S/C30H23F2N5O3S3/c1-16-14-34-27(42-16)9-6-19-13-20(5-7-22(19)31)28-21(10-18-4-8-26(43(33)40)23(32)11-18)25(12-17-2-3-17)37(36-28)30-35-24(15-41-30)29(38)39/h4-5,7-8,11,13-15,17H,2-3,10,12H2,1H3,(H2,33,40)(H,38,39)/p+1. The normalized spacial score (nSPS) is 13.5. The summed E-state index contributed by atoms with van der Waals surface area (Å²) in [6, 6.07) is 8.95. The molecule has 0 radical (unpaired) electrons. The second kappa shape index (κ2) is 11.9. The van der Waals surface area contributed by atoms with Gasteiger partial charge in [0.15, 0.2) is 27.5 Å². The predicted molar refractivity (Wildman–Crippen MR) is 162 cm³/mol. The van der Waals surface area contributed by atoms with Gasteiger partial charge in [-0.05, 0) is 73.9 Å². The topological polar surface area (TPSA) is 124 Å². The zero-order valence-corrected chi connectivity index (χ0v) is 25.2. The third-order valence-corrected chi connectivity index (χ3v) is 9.44. The van der Waals surface area contributed by atoms with Crippen LogP contribution >= 0.6 is 22.7 Å². The SMILES string of the molecule is Cc1cnc(C#Cc2cc(-c3nn(-c4nc(C(=O)O)cs4)c(CC4CC4)c3Cc3ccc([SH+](N)=O)c(F)c3)ccc2F)s1. The number of carboxylic acid groups (broad SMARTS) is 1. The second-order valence-corrected chi connectivity index (χ2v) is 13.4. The molecule has 3 heterocycles. The molecule has 0 bridgehead atoms. The molecule has 5 aromatic rings. The van der Waals surface area contributed by atoms with Crippen LogP contribution in [0.25, 0.3) is 16.4 Å². The van der Waals surface area contributed by atoms with Crippen molar-refractivity contribution in [2.45, 2.75) is 37.5 Å². The number of nitrogens with two attached hydrogens (primary N) is 1. The molecule has 1 aliphatic rings. The van der Waals surface area contributed by atoms with Crippen molar-refractivity contribution >= 4 is 39.6 Å². The third-order valence-electron chi connectivity index (χ3n) is 6.96. The van der Waals surface area contributed by atoms with E-state index in [1.807, 2.05) is 6.92 Å². The van der Waals surface area contributed by atoms with Crippen LogP contribution in [0, 0.1) is 36.3 Å². The average molecular weight is 637 g/mol. The van der Waals surface area contributed by atoms with E-state index in [-0.39, 0.29) is 22.6 Å². The van der Waals surface area contributed by atoms with E-state index in [1.54, 1.807) is 29.1 Å². The Morgan fingerprint density at radius 3 is 2.65 bits per heavy atom. The molecule has 1 fully saturated rings. The number of rotatable bonds is 8.